The van der Waals surface area contributed by atoms with Gasteiger partial charge in [-0.25, -0.2) is 0 Å². The van der Waals surface area contributed by atoms with Gasteiger partial charge in [-0.3, -0.25) is 0 Å². The van der Waals surface area contributed by atoms with Crippen LogP contribution in [-0.4, -0.2) is 25.8 Å². The molecule has 0 saturated carbocycles. The summed E-state index contributed by atoms with van der Waals surface area (Å²) in [5.74, 6) is 0.740. The molecule has 0 amide bonds. The molecule has 0 aromatic heterocycles. The molecule has 0 aromatic rings. The van der Waals surface area contributed by atoms with Gasteiger partial charge < -0.3 is 10.1 Å². The van der Waals surface area contributed by atoms with Crippen molar-refractivity contribution >= 4 is 0 Å². The quantitative estimate of drug-likeness (QED) is 0.767. The van der Waals surface area contributed by atoms with E-state index in [-0.39, 0.29) is 0 Å². The molecule has 2 atom stereocenters. The van der Waals surface area contributed by atoms with Gasteiger partial charge >= 0.3 is 0 Å². The molecular weight excluding hydrogens is 210 g/mol. The van der Waals surface area contributed by atoms with Crippen LogP contribution in [0.1, 0.15) is 59.8 Å². The van der Waals surface area contributed by atoms with Crippen LogP contribution in [0, 0.1) is 11.3 Å². The van der Waals surface area contributed by atoms with Crippen molar-refractivity contribution in [1.82, 2.24) is 5.32 Å². The molecule has 1 fully saturated rings. The van der Waals surface area contributed by atoms with Crippen molar-refractivity contribution in [3.63, 3.8) is 0 Å². The van der Waals surface area contributed by atoms with Gasteiger partial charge in [0.05, 0.1) is 6.61 Å². The van der Waals surface area contributed by atoms with Crippen molar-refractivity contribution < 1.29 is 4.74 Å². The van der Waals surface area contributed by atoms with E-state index in [9.17, 15) is 0 Å². The van der Waals surface area contributed by atoms with Crippen LogP contribution in [0.15, 0.2) is 0 Å². The molecule has 1 N–H and O–H groups in total. The van der Waals surface area contributed by atoms with Gasteiger partial charge in [0.25, 0.3) is 0 Å². The molecular formula is C15H31NO. The third-order valence-electron chi connectivity index (χ3n) is 3.67. The third-order valence-corrected chi connectivity index (χ3v) is 3.67. The first-order valence-corrected chi connectivity index (χ1v) is 7.34. The van der Waals surface area contributed by atoms with Gasteiger partial charge in [0.15, 0.2) is 0 Å². The van der Waals surface area contributed by atoms with E-state index < -0.39 is 0 Å². The van der Waals surface area contributed by atoms with Crippen LogP contribution in [0.2, 0.25) is 0 Å². The molecule has 2 unspecified atom stereocenters. The maximum atomic E-state index is 5.62. The minimum atomic E-state index is 0.472. The zero-order valence-corrected chi connectivity index (χ0v) is 12.2. The molecule has 0 aromatic carbocycles. The van der Waals surface area contributed by atoms with Crippen LogP contribution in [0.4, 0.5) is 0 Å². The maximum Gasteiger partial charge on any atom is 0.0509 e. The van der Waals surface area contributed by atoms with E-state index >= 15 is 0 Å². The Morgan fingerprint density at radius 3 is 2.65 bits per heavy atom. The van der Waals surface area contributed by atoms with Crippen LogP contribution >= 0.6 is 0 Å². The highest BCUT2D eigenvalue weighted by molar-refractivity contribution is 4.79. The first-order chi connectivity index (χ1) is 8.03. The van der Waals surface area contributed by atoms with E-state index in [1.54, 1.807) is 0 Å². The van der Waals surface area contributed by atoms with Crippen LogP contribution in [0.5, 0.6) is 0 Å². The molecule has 2 nitrogen and oxygen atoms in total. The molecule has 102 valence electrons. The van der Waals surface area contributed by atoms with E-state index in [1.807, 2.05) is 0 Å². The second-order valence-corrected chi connectivity index (χ2v) is 6.59. The lowest BCUT2D eigenvalue weighted by Gasteiger charge is -2.31. The fourth-order valence-corrected chi connectivity index (χ4v) is 2.70. The van der Waals surface area contributed by atoms with Crippen LogP contribution < -0.4 is 5.32 Å². The average molecular weight is 241 g/mol. The van der Waals surface area contributed by atoms with Crippen molar-refractivity contribution in [2.75, 3.05) is 19.8 Å². The summed E-state index contributed by atoms with van der Waals surface area (Å²) in [5.41, 5.74) is 0.472. The van der Waals surface area contributed by atoms with Gasteiger partial charge in [0.1, 0.15) is 0 Å². The minimum absolute atomic E-state index is 0.472. The zero-order valence-electron chi connectivity index (χ0n) is 12.2. The summed E-state index contributed by atoms with van der Waals surface area (Å²) in [7, 11) is 0. The van der Waals surface area contributed by atoms with Crippen molar-refractivity contribution in [3.05, 3.63) is 0 Å². The van der Waals surface area contributed by atoms with E-state index in [1.165, 1.54) is 32.1 Å². The summed E-state index contributed by atoms with van der Waals surface area (Å²) >= 11 is 0. The number of hydrogen-bond acceptors (Lipinski definition) is 2. The average Bonchev–Trinajstić information content (AvgIpc) is 2.27. The lowest BCUT2D eigenvalue weighted by molar-refractivity contribution is 0.0374. The second-order valence-electron chi connectivity index (χ2n) is 6.59. The molecule has 0 spiro atoms. The highest BCUT2D eigenvalue weighted by atomic mass is 16.5. The second kappa shape index (κ2) is 7.38. The lowest BCUT2D eigenvalue weighted by Crippen LogP contribution is -2.40. The summed E-state index contributed by atoms with van der Waals surface area (Å²) in [6, 6.07) is 0.669. The van der Waals surface area contributed by atoms with Gasteiger partial charge in [0.2, 0.25) is 0 Å². The van der Waals surface area contributed by atoms with Gasteiger partial charge in [-0.2, -0.15) is 0 Å². The van der Waals surface area contributed by atoms with E-state index in [0.717, 1.165) is 25.7 Å². The third kappa shape index (κ3) is 6.42. The van der Waals surface area contributed by atoms with Crippen molar-refractivity contribution in [2.24, 2.45) is 11.3 Å². The lowest BCUT2D eigenvalue weighted by atomic mass is 9.85. The van der Waals surface area contributed by atoms with Gasteiger partial charge in [-0.05, 0) is 43.6 Å². The Morgan fingerprint density at radius 1 is 1.35 bits per heavy atom. The first kappa shape index (κ1) is 15.0. The van der Waals surface area contributed by atoms with E-state index in [0.29, 0.717) is 11.5 Å². The summed E-state index contributed by atoms with van der Waals surface area (Å²) in [6.07, 6.45) is 6.54. The minimum Gasteiger partial charge on any atom is -0.381 e. The Balaban J connectivity index is 2.31. The molecule has 2 heteroatoms. The SMILES string of the molecule is CCNC(CCCC(C)(C)C)C1CCCOC1. The number of hydrogen-bond donors (Lipinski definition) is 1. The molecule has 1 rings (SSSR count). The van der Waals surface area contributed by atoms with Gasteiger partial charge in [-0.15, -0.1) is 0 Å². The number of ether oxygens (including phenoxy) is 1. The normalized spacial score (nSPS) is 23.6. The van der Waals surface area contributed by atoms with Crippen molar-refractivity contribution in [3.8, 4) is 0 Å². The molecule has 1 heterocycles. The Bertz CT molecular complexity index is 192. The van der Waals surface area contributed by atoms with Crippen LogP contribution in [-0.2, 0) is 4.74 Å². The summed E-state index contributed by atoms with van der Waals surface area (Å²) in [4.78, 5) is 0. The summed E-state index contributed by atoms with van der Waals surface area (Å²) in [5, 5.41) is 3.66. The molecule has 0 aliphatic carbocycles. The molecule has 1 saturated heterocycles. The maximum absolute atomic E-state index is 5.62. The predicted molar refractivity (Wildman–Crippen MR) is 74.3 cm³/mol. The number of nitrogens with one attached hydrogen (secondary N) is 1. The molecule has 17 heavy (non-hydrogen) atoms. The largest absolute Gasteiger partial charge is 0.381 e. The number of rotatable bonds is 6. The van der Waals surface area contributed by atoms with E-state index in [4.69, 9.17) is 4.74 Å². The zero-order chi connectivity index (χ0) is 12.7. The van der Waals surface area contributed by atoms with Crippen LogP contribution in [0.3, 0.4) is 0 Å². The topological polar surface area (TPSA) is 21.3 Å². The Kier molecular flexibility index (Phi) is 6.50. The fraction of sp³-hybridized carbons (Fsp3) is 1.00. The van der Waals surface area contributed by atoms with Crippen molar-refractivity contribution in [2.45, 2.75) is 65.8 Å². The Hall–Kier alpha value is -0.0800. The molecule has 1 aliphatic rings. The van der Waals surface area contributed by atoms with Gasteiger partial charge in [0, 0.05) is 12.6 Å². The molecule has 0 radical (unpaired) electrons. The fourth-order valence-electron chi connectivity index (χ4n) is 2.70. The summed E-state index contributed by atoms with van der Waals surface area (Å²) < 4.78 is 5.62. The first-order valence-electron chi connectivity index (χ1n) is 7.34. The smallest absolute Gasteiger partial charge is 0.0509 e. The Labute approximate surface area is 108 Å². The summed E-state index contributed by atoms with van der Waals surface area (Å²) in [6.45, 7) is 12.2. The predicted octanol–water partition coefficient (Wildman–Crippen LogP) is 3.61. The highest BCUT2D eigenvalue weighted by Crippen LogP contribution is 2.25. The monoisotopic (exact) mass is 241 g/mol. The molecule has 1 aliphatic heterocycles. The Morgan fingerprint density at radius 2 is 2.12 bits per heavy atom. The molecule has 0 bridgehead atoms. The van der Waals surface area contributed by atoms with Gasteiger partial charge in [-0.1, -0.05) is 34.1 Å². The highest BCUT2D eigenvalue weighted by Gasteiger charge is 2.23. The standard InChI is InChI=1S/C15H31NO/c1-5-16-14(9-6-10-15(2,3)4)13-8-7-11-17-12-13/h13-14,16H,5-12H2,1-4H3. The van der Waals surface area contributed by atoms with Crippen molar-refractivity contribution in [1.29, 1.82) is 0 Å². The van der Waals surface area contributed by atoms with Crippen LogP contribution in [0.25, 0.3) is 0 Å². The van der Waals surface area contributed by atoms with E-state index in [2.05, 4.69) is 33.0 Å².